The Kier molecular flexibility index (Phi) is 6.34. The molecule has 5 rings (SSSR count). The van der Waals surface area contributed by atoms with Gasteiger partial charge in [-0.05, 0) is 73.4 Å². The molecule has 1 saturated heterocycles. The molecule has 1 aliphatic heterocycles. The molecule has 0 spiro atoms. The normalized spacial score (nSPS) is 28.3. The van der Waals surface area contributed by atoms with Gasteiger partial charge in [-0.15, -0.1) is 0 Å². The minimum absolute atomic E-state index is 0.0948. The highest BCUT2D eigenvalue weighted by atomic mass is 19.1. The van der Waals surface area contributed by atoms with Crippen LogP contribution in [0.25, 0.3) is 0 Å². The molecule has 2 heterocycles. The second-order valence-electron chi connectivity index (χ2n) is 11.1. The molecule has 2 aromatic rings. The van der Waals surface area contributed by atoms with Crippen molar-refractivity contribution in [3.63, 3.8) is 0 Å². The van der Waals surface area contributed by atoms with Gasteiger partial charge in [-0.25, -0.2) is 9.37 Å². The van der Waals surface area contributed by atoms with E-state index in [9.17, 15) is 14.3 Å². The van der Waals surface area contributed by atoms with Crippen LogP contribution in [-0.4, -0.2) is 53.3 Å². The molecular formula is C28H36FN3O3. The first-order valence-corrected chi connectivity index (χ1v) is 12.7. The maximum atomic E-state index is 13.5. The standard InChI is InChI=1S/C28H36FN3O3/c1-16(30-26(34)17-5-7-23-22(13-17)25(33)14-28(23,2)3)21-6-8-24(31-27(21)35-4)18-11-20(12-18)32-10-9-19(29)15-32/h5-8,13,16,18-20,25,33H,9-12,14-15H2,1-4H3,(H,30,34)/t16-,18?,19+,20?,25+/m0/s1. The quantitative estimate of drug-likeness (QED) is 0.632. The van der Waals surface area contributed by atoms with E-state index in [1.54, 1.807) is 7.11 Å². The lowest BCUT2D eigenvalue weighted by Gasteiger charge is -2.41. The fraction of sp³-hybridized carbons (Fsp3) is 0.571. The number of alkyl halides is 1. The molecule has 3 atom stereocenters. The van der Waals surface area contributed by atoms with E-state index in [0.29, 0.717) is 42.8 Å². The van der Waals surface area contributed by atoms with Crippen molar-refractivity contribution in [1.82, 2.24) is 15.2 Å². The van der Waals surface area contributed by atoms with Crippen molar-refractivity contribution >= 4 is 5.91 Å². The number of rotatable bonds is 6. The summed E-state index contributed by atoms with van der Waals surface area (Å²) < 4.78 is 19.1. The number of hydrogen-bond acceptors (Lipinski definition) is 5. The third-order valence-electron chi connectivity index (χ3n) is 8.23. The lowest BCUT2D eigenvalue weighted by Crippen LogP contribution is -2.42. The maximum Gasteiger partial charge on any atom is 0.251 e. The molecule has 0 unspecified atom stereocenters. The number of aromatic nitrogens is 1. The number of halogens is 1. The van der Waals surface area contributed by atoms with Crippen molar-refractivity contribution in [3.8, 4) is 5.88 Å². The summed E-state index contributed by atoms with van der Waals surface area (Å²) in [6.07, 6.45) is 2.07. The second kappa shape index (κ2) is 9.17. The Labute approximate surface area is 206 Å². The van der Waals surface area contributed by atoms with E-state index in [1.807, 2.05) is 37.3 Å². The van der Waals surface area contributed by atoms with Gasteiger partial charge in [0.25, 0.3) is 5.91 Å². The lowest BCUT2D eigenvalue weighted by atomic mass is 9.77. The predicted octanol–water partition coefficient (Wildman–Crippen LogP) is 4.59. The van der Waals surface area contributed by atoms with Gasteiger partial charge >= 0.3 is 0 Å². The molecule has 1 amide bonds. The topological polar surface area (TPSA) is 74.7 Å². The average molecular weight is 482 g/mol. The van der Waals surface area contributed by atoms with E-state index in [-0.39, 0.29) is 17.4 Å². The highest BCUT2D eigenvalue weighted by Crippen LogP contribution is 2.45. The van der Waals surface area contributed by atoms with E-state index >= 15 is 0 Å². The first kappa shape index (κ1) is 24.2. The number of fused-ring (bicyclic) bond motifs is 1. The van der Waals surface area contributed by atoms with Crippen LogP contribution in [0.1, 0.15) is 97.3 Å². The van der Waals surface area contributed by atoms with Crippen molar-refractivity contribution in [2.45, 2.75) is 82.1 Å². The number of ether oxygens (including phenoxy) is 1. The number of hydrogen-bond donors (Lipinski definition) is 2. The van der Waals surface area contributed by atoms with E-state index in [2.05, 4.69) is 24.1 Å². The monoisotopic (exact) mass is 481 g/mol. The van der Waals surface area contributed by atoms with Gasteiger partial charge in [-0.1, -0.05) is 19.9 Å². The number of carbonyl (C=O) groups excluding carboxylic acids is 1. The van der Waals surface area contributed by atoms with Crippen molar-refractivity contribution in [1.29, 1.82) is 0 Å². The third-order valence-corrected chi connectivity index (χ3v) is 8.23. The van der Waals surface area contributed by atoms with Crippen molar-refractivity contribution in [3.05, 3.63) is 58.3 Å². The van der Waals surface area contributed by atoms with Crippen LogP contribution in [0.4, 0.5) is 4.39 Å². The number of benzene rings is 1. The molecule has 2 fully saturated rings. The molecule has 35 heavy (non-hydrogen) atoms. The molecule has 1 saturated carbocycles. The summed E-state index contributed by atoms with van der Waals surface area (Å²) in [6.45, 7) is 7.56. The minimum atomic E-state index is -0.683. The number of amides is 1. The zero-order chi connectivity index (χ0) is 24.9. The Hall–Kier alpha value is -2.51. The fourth-order valence-electron chi connectivity index (χ4n) is 6.04. The van der Waals surface area contributed by atoms with Crippen LogP contribution in [0.15, 0.2) is 30.3 Å². The predicted molar refractivity (Wildman–Crippen MR) is 133 cm³/mol. The lowest BCUT2D eigenvalue weighted by molar-refractivity contribution is 0.0939. The zero-order valence-corrected chi connectivity index (χ0v) is 21.1. The first-order valence-electron chi connectivity index (χ1n) is 12.7. The van der Waals surface area contributed by atoms with Gasteiger partial charge in [0.2, 0.25) is 5.88 Å². The molecule has 2 aliphatic carbocycles. The first-order chi connectivity index (χ1) is 16.7. The number of nitrogens with zero attached hydrogens (tertiary/aromatic N) is 2. The summed E-state index contributed by atoms with van der Waals surface area (Å²) in [5.74, 6) is 0.686. The molecule has 1 aromatic carbocycles. The fourth-order valence-corrected chi connectivity index (χ4v) is 6.04. The van der Waals surface area contributed by atoms with Crippen LogP contribution in [-0.2, 0) is 5.41 Å². The molecule has 0 bridgehead atoms. The van der Waals surface area contributed by atoms with Crippen LogP contribution in [0, 0.1) is 0 Å². The van der Waals surface area contributed by atoms with Gasteiger partial charge in [0.1, 0.15) is 6.17 Å². The van der Waals surface area contributed by atoms with E-state index in [1.165, 1.54) is 0 Å². The number of aliphatic hydroxyl groups is 1. The molecule has 3 aliphatic rings. The Bertz CT molecular complexity index is 1110. The summed E-state index contributed by atoms with van der Waals surface area (Å²) in [7, 11) is 1.60. The molecule has 7 heteroatoms. The summed E-state index contributed by atoms with van der Waals surface area (Å²) in [4.78, 5) is 20.1. The third kappa shape index (κ3) is 4.56. The van der Waals surface area contributed by atoms with E-state index < -0.39 is 12.3 Å². The molecule has 6 nitrogen and oxygen atoms in total. The number of pyridine rings is 1. The highest BCUT2D eigenvalue weighted by molar-refractivity contribution is 5.94. The van der Waals surface area contributed by atoms with Crippen LogP contribution in [0.5, 0.6) is 5.88 Å². The average Bonchev–Trinajstić information content (AvgIpc) is 3.31. The van der Waals surface area contributed by atoms with Crippen molar-refractivity contribution in [2.24, 2.45) is 0 Å². The smallest absolute Gasteiger partial charge is 0.251 e. The van der Waals surface area contributed by atoms with Gasteiger partial charge in [0.15, 0.2) is 0 Å². The molecule has 188 valence electrons. The Morgan fingerprint density at radius 3 is 2.74 bits per heavy atom. The van der Waals surface area contributed by atoms with Crippen molar-refractivity contribution in [2.75, 3.05) is 20.2 Å². The van der Waals surface area contributed by atoms with Gasteiger partial charge < -0.3 is 15.2 Å². The van der Waals surface area contributed by atoms with Crippen LogP contribution < -0.4 is 10.1 Å². The maximum absolute atomic E-state index is 13.5. The van der Waals surface area contributed by atoms with Crippen LogP contribution >= 0.6 is 0 Å². The Morgan fingerprint density at radius 2 is 2.06 bits per heavy atom. The van der Waals surface area contributed by atoms with Gasteiger partial charge in [0, 0.05) is 41.9 Å². The minimum Gasteiger partial charge on any atom is -0.481 e. The number of likely N-dealkylation sites (tertiary alicyclic amines) is 1. The number of methoxy groups -OCH3 is 1. The summed E-state index contributed by atoms with van der Waals surface area (Å²) >= 11 is 0. The molecule has 0 radical (unpaired) electrons. The molecular weight excluding hydrogens is 445 g/mol. The van der Waals surface area contributed by atoms with Gasteiger partial charge in [-0.2, -0.15) is 0 Å². The van der Waals surface area contributed by atoms with Crippen molar-refractivity contribution < 1.29 is 19.0 Å². The van der Waals surface area contributed by atoms with Gasteiger partial charge in [-0.3, -0.25) is 9.69 Å². The summed E-state index contributed by atoms with van der Waals surface area (Å²) in [5.41, 5.74) is 4.20. The number of aliphatic hydroxyl groups excluding tert-OH is 1. The molecule has 2 N–H and O–H groups in total. The highest BCUT2D eigenvalue weighted by Gasteiger charge is 2.39. The largest absolute Gasteiger partial charge is 0.481 e. The Balaban J connectivity index is 1.25. The van der Waals surface area contributed by atoms with Gasteiger partial charge in [0.05, 0.1) is 19.3 Å². The second-order valence-corrected chi connectivity index (χ2v) is 11.1. The van der Waals surface area contributed by atoms with E-state index in [0.717, 1.165) is 41.8 Å². The van der Waals surface area contributed by atoms with Crippen LogP contribution in [0.2, 0.25) is 0 Å². The summed E-state index contributed by atoms with van der Waals surface area (Å²) in [5, 5.41) is 13.5. The number of carbonyl (C=O) groups is 1. The van der Waals surface area contributed by atoms with Crippen LogP contribution in [0.3, 0.4) is 0 Å². The SMILES string of the molecule is COc1nc(C2CC(N3CC[C@@H](F)C3)C2)ccc1[C@H](C)NC(=O)c1ccc2c(c1)[C@H](O)CC2(C)C. The number of nitrogens with one attached hydrogen (secondary N) is 1. The zero-order valence-electron chi connectivity index (χ0n) is 21.1. The summed E-state index contributed by atoms with van der Waals surface area (Å²) in [6, 6.07) is 9.77. The molecule has 1 aromatic heterocycles. The Morgan fingerprint density at radius 1 is 1.29 bits per heavy atom. The van der Waals surface area contributed by atoms with E-state index in [4.69, 9.17) is 9.72 Å².